The summed E-state index contributed by atoms with van der Waals surface area (Å²) >= 11 is 0. The van der Waals surface area contributed by atoms with Crippen LogP contribution in [0.5, 0.6) is 0 Å². The van der Waals surface area contributed by atoms with Gasteiger partial charge in [-0.05, 0) is 62.8 Å². The second-order valence-electron chi connectivity index (χ2n) is 10.4. The molecule has 1 aromatic heterocycles. The minimum atomic E-state index is -1.51. The Morgan fingerprint density at radius 3 is 2.54 bits per heavy atom. The Labute approximate surface area is 210 Å². The molecule has 2 unspecified atom stereocenters. The summed E-state index contributed by atoms with van der Waals surface area (Å²) in [6.07, 6.45) is 15.0. The standard InChI is InChI=1S/C29H36N4OSi/c1-5-7-11-20(6-2)26-31-27(33-28(32-26)25-14-10-19-35(25,3)4)21-15-17-22(18-16-21)29-30-23-12-8-9-13-24(23)34-29/h5,7,13-18,20,29H,6,8-12,19H2,1-4H3. The van der Waals surface area contributed by atoms with E-state index in [1.54, 1.807) is 0 Å². The van der Waals surface area contributed by atoms with E-state index in [0.717, 1.165) is 78.6 Å². The number of allylic oxidation sites excluding steroid dienone is 5. The van der Waals surface area contributed by atoms with Crippen molar-refractivity contribution in [2.75, 3.05) is 0 Å². The van der Waals surface area contributed by atoms with Gasteiger partial charge in [-0.25, -0.2) is 19.9 Å². The highest BCUT2D eigenvalue weighted by Crippen LogP contribution is 2.37. The minimum absolute atomic E-state index is 0.242. The zero-order chi connectivity index (χ0) is 24.4. The first-order chi connectivity index (χ1) is 17.0. The molecule has 0 N–H and O–H groups in total. The fourth-order valence-corrected chi connectivity index (χ4v) is 7.73. The first kappa shape index (κ1) is 23.9. The van der Waals surface area contributed by atoms with E-state index in [4.69, 9.17) is 24.7 Å². The molecule has 35 heavy (non-hydrogen) atoms. The van der Waals surface area contributed by atoms with Crippen molar-refractivity contribution in [3.63, 3.8) is 0 Å². The third-order valence-corrected chi connectivity index (χ3v) is 10.9. The van der Waals surface area contributed by atoms with Crippen LogP contribution in [0.3, 0.4) is 0 Å². The van der Waals surface area contributed by atoms with Gasteiger partial charge in [0.1, 0.15) is 11.6 Å². The molecule has 0 saturated heterocycles. The Balaban J connectivity index is 1.49. The normalized spacial score (nSPS) is 21.8. The summed E-state index contributed by atoms with van der Waals surface area (Å²) in [5.74, 6) is 3.83. The van der Waals surface area contributed by atoms with Gasteiger partial charge < -0.3 is 4.74 Å². The van der Waals surface area contributed by atoms with E-state index in [9.17, 15) is 0 Å². The lowest BCUT2D eigenvalue weighted by Gasteiger charge is -2.21. The SMILES string of the molecule is CC=CCC(CC)c1nc(C2=CCC[Si]2(C)C)nc(-c2ccc(C3N=C4CCCC=C4O3)cc2)n1. The number of fused-ring (bicyclic) bond motifs is 1. The van der Waals surface area contributed by atoms with Crippen molar-refractivity contribution in [2.45, 2.75) is 83.7 Å². The van der Waals surface area contributed by atoms with Crippen molar-refractivity contribution in [1.29, 1.82) is 0 Å². The molecule has 2 aromatic rings. The molecular formula is C29H36N4OSi. The van der Waals surface area contributed by atoms with Crippen LogP contribution in [0.1, 0.15) is 81.7 Å². The molecule has 2 aliphatic heterocycles. The van der Waals surface area contributed by atoms with Crippen LogP contribution < -0.4 is 0 Å². The van der Waals surface area contributed by atoms with Gasteiger partial charge in [0.15, 0.2) is 11.6 Å². The fourth-order valence-electron chi connectivity index (χ4n) is 5.18. The van der Waals surface area contributed by atoms with Crippen molar-refractivity contribution < 1.29 is 4.74 Å². The molecule has 0 saturated carbocycles. The second-order valence-corrected chi connectivity index (χ2v) is 15.2. The average molecular weight is 485 g/mol. The summed E-state index contributed by atoms with van der Waals surface area (Å²) in [6.45, 7) is 9.14. The molecule has 6 heteroatoms. The molecule has 2 atom stereocenters. The lowest BCUT2D eigenvalue weighted by molar-refractivity contribution is 0.157. The van der Waals surface area contributed by atoms with Gasteiger partial charge in [0.2, 0.25) is 6.23 Å². The quantitative estimate of drug-likeness (QED) is 0.300. The van der Waals surface area contributed by atoms with E-state index >= 15 is 0 Å². The van der Waals surface area contributed by atoms with E-state index in [-0.39, 0.29) is 12.1 Å². The van der Waals surface area contributed by atoms with Crippen LogP contribution in [0.25, 0.3) is 16.6 Å². The Bertz CT molecular complexity index is 1210. The number of aromatic nitrogens is 3. The molecule has 5 nitrogen and oxygen atoms in total. The number of aliphatic imine (C=N–C) groups is 1. The topological polar surface area (TPSA) is 60.3 Å². The van der Waals surface area contributed by atoms with Crippen LogP contribution in [0.15, 0.2) is 59.3 Å². The van der Waals surface area contributed by atoms with E-state index in [0.29, 0.717) is 0 Å². The highest BCUT2D eigenvalue weighted by Gasteiger charge is 2.33. The lowest BCUT2D eigenvalue weighted by atomic mass is 10.0. The van der Waals surface area contributed by atoms with Crippen molar-refractivity contribution in [1.82, 2.24) is 15.0 Å². The maximum atomic E-state index is 6.12. The smallest absolute Gasteiger partial charge is 0.216 e. The predicted octanol–water partition coefficient (Wildman–Crippen LogP) is 7.57. The summed E-state index contributed by atoms with van der Waals surface area (Å²) < 4.78 is 6.12. The fraction of sp³-hybridized carbons (Fsp3) is 0.448. The first-order valence-electron chi connectivity index (χ1n) is 13.1. The van der Waals surface area contributed by atoms with Crippen LogP contribution in [0, 0.1) is 0 Å². The van der Waals surface area contributed by atoms with E-state index in [1.165, 1.54) is 11.2 Å². The highest BCUT2D eigenvalue weighted by atomic mass is 28.3. The zero-order valence-electron chi connectivity index (χ0n) is 21.4. The van der Waals surface area contributed by atoms with Gasteiger partial charge in [-0.15, -0.1) is 0 Å². The van der Waals surface area contributed by atoms with Gasteiger partial charge in [-0.3, -0.25) is 0 Å². The Kier molecular flexibility index (Phi) is 6.83. The zero-order valence-corrected chi connectivity index (χ0v) is 22.4. The van der Waals surface area contributed by atoms with Crippen LogP contribution in [0.4, 0.5) is 0 Å². The number of hydrogen-bond donors (Lipinski definition) is 0. The molecule has 1 aromatic carbocycles. The molecule has 0 spiro atoms. The van der Waals surface area contributed by atoms with Gasteiger partial charge in [0.05, 0.1) is 13.8 Å². The summed E-state index contributed by atoms with van der Waals surface area (Å²) in [5, 5.41) is 1.38. The number of ether oxygens (including phenoxy) is 1. The third kappa shape index (κ3) is 4.94. The number of hydrogen-bond acceptors (Lipinski definition) is 5. The Morgan fingerprint density at radius 2 is 1.86 bits per heavy atom. The van der Waals surface area contributed by atoms with Gasteiger partial charge >= 0.3 is 0 Å². The third-order valence-electron chi connectivity index (χ3n) is 7.45. The molecule has 3 aliphatic rings. The van der Waals surface area contributed by atoms with Gasteiger partial charge in [-0.1, -0.05) is 62.5 Å². The van der Waals surface area contributed by atoms with Gasteiger partial charge in [-0.2, -0.15) is 0 Å². The second kappa shape index (κ2) is 10.0. The Morgan fingerprint density at radius 1 is 1.06 bits per heavy atom. The molecule has 1 aliphatic carbocycles. The van der Waals surface area contributed by atoms with Gasteiger partial charge in [0, 0.05) is 17.0 Å². The largest absolute Gasteiger partial charge is 0.463 e. The maximum absolute atomic E-state index is 6.12. The summed E-state index contributed by atoms with van der Waals surface area (Å²) in [5.41, 5.74) is 3.19. The monoisotopic (exact) mass is 484 g/mol. The van der Waals surface area contributed by atoms with Crippen molar-refractivity contribution >= 4 is 19.0 Å². The Hall–Kier alpha value is -2.86. The molecule has 3 heterocycles. The van der Waals surface area contributed by atoms with Crippen molar-refractivity contribution in [3.05, 3.63) is 71.5 Å². The summed E-state index contributed by atoms with van der Waals surface area (Å²) in [7, 11) is -1.51. The highest BCUT2D eigenvalue weighted by molar-refractivity contribution is 6.95. The molecular weight excluding hydrogens is 448 g/mol. The van der Waals surface area contributed by atoms with Crippen LogP contribution in [-0.2, 0) is 4.74 Å². The predicted molar refractivity (Wildman–Crippen MR) is 146 cm³/mol. The van der Waals surface area contributed by atoms with E-state index < -0.39 is 8.07 Å². The van der Waals surface area contributed by atoms with Crippen LogP contribution in [-0.4, -0.2) is 28.7 Å². The molecule has 0 fully saturated rings. The van der Waals surface area contributed by atoms with Crippen LogP contribution in [0.2, 0.25) is 19.1 Å². The summed E-state index contributed by atoms with van der Waals surface area (Å²) in [6, 6.07) is 9.70. The van der Waals surface area contributed by atoms with Crippen molar-refractivity contribution in [3.8, 4) is 11.4 Å². The number of nitrogens with zero attached hydrogens (tertiary/aromatic N) is 4. The number of benzene rings is 1. The number of rotatable bonds is 7. The van der Waals surface area contributed by atoms with Gasteiger partial charge in [0.25, 0.3) is 0 Å². The van der Waals surface area contributed by atoms with Crippen LogP contribution >= 0.6 is 0 Å². The molecule has 5 rings (SSSR count). The molecule has 182 valence electrons. The van der Waals surface area contributed by atoms with E-state index in [1.807, 2.05) is 0 Å². The first-order valence-corrected chi connectivity index (χ1v) is 16.3. The minimum Gasteiger partial charge on any atom is -0.463 e. The summed E-state index contributed by atoms with van der Waals surface area (Å²) in [4.78, 5) is 19.9. The average Bonchev–Trinajstić information content (AvgIpc) is 3.47. The molecule has 0 amide bonds. The maximum Gasteiger partial charge on any atom is 0.216 e. The van der Waals surface area contributed by atoms with E-state index in [2.05, 4.69) is 75.5 Å². The lowest BCUT2D eigenvalue weighted by Crippen LogP contribution is -2.25. The van der Waals surface area contributed by atoms with Crippen molar-refractivity contribution in [2.24, 2.45) is 4.99 Å². The molecule has 0 bridgehead atoms. The molecule has 0 radical (unpaired) electrons.